The molecule has 3 heterocycles. The third-order valence-corrected chi connectivity index (χ3v) is 4.46. The Labute approximate surface area is 129 Å². The molecule has 0 radical (unpaired) electrons. The van der Waals surface area contributed by atoms with E-state index in [-0.39, 0.29) is 15.9 Å². The van der Waals surface area contributed by atoms with Crippen LogP contribution in [0.5, 0.6) is 0 Å². The van der Waals surface area contributed by atoms with Crippen LogP contribution in [0.1, 0.15) is 25.1 Å². The monoisotopic (exact) mass is 325 g/mol. The van der Waals surface area contributed by atoms with Gasteiger partial charge in [-0.15, -0.1) is 10.2 Å². The van der Waals surface area contributed by atoms with Gasteiger partial charge in [-0.25, -0.2) is 4.98 Å². The summed E-state index contributed by atoms with van der Waals surface area (Å²) in [4.78, 5) is 14.7. The van der Waals surface area contributed by atoms with Gasteiger partial charge in [0.1, 0.15) is 11.0 Å². The van der Waals surface area contributed by atoms with Crippen molar-refractivity contribution in [3.8, 4) is 0 Å². The number of nitro groups is 1. The van der Waals surface area contributed by atoms with E-state index in [1.807, 2.05) is 4.57 Å². The van der Waals surface area contributed by atoms with Gasteiger partial charge >= 0.3 is 5.69 Å². The zero-order chi connectivity index (χ0) is 14.8. The number of aromatic nitrogens is 4. The summed E-state index contributed by atoms with van der Waals surface area (Å²) in [7, 11) is 0. The van der Waals surface area contributed by atoms with Gasteiger partial charge in [-0.3, -0.25) is 10.1 Å². The minimum atomic E-state index is -0.467. The smallest absolute Gasteiger partial charge is 0.301 e. The van der Waals surface area contributed by atoms with Crippen LogP contribution < -0.4 is 0 Å². The van der Waals surface area contributed by atoms with E-state index in [0.717, 1.165) is 49.8 Å². The van der Waals surface area contributed by atoms with Gasteiger partial charge in [0.05, 0.1) is 4.92 Å². The van der Waals surface area contributed by atoms with E-state index < -0.39 is 4.92 Å². The second-order valence-corrected chi connectivity index (χ2v) is 6.02. The van der Waals surface area contributed by atoms with Gasteiger partial charge in [0, 0.05) is 19.0 Å². The Balaban J connectivity index is 1.96. The summed E-state index contributed by atoms with van der Waals surface area (Å²) in [6, 6.07) is 2.77. The molecule has 0 unspecified atom stereocenters. The van der Waals surface area contributed by atoms with Crippen LogP contribution in [0.2, 0.25) is 5.15 Å². The highest BCUT2D eigenvalue weighted by molar-refractivity contribution is 7.99. The third-order valence-electron chi connectivity index (χ3n) is 3.27. The first-order valence-corrected chi connectivity index (χ1v) is 7.75. The molecule has 3 rings (SSSR count). The third kappa shape index (κ3) is 3.01. The maximum atomic E-state index is 11.1. The van der Waals surface area contributed by atoms with Crippen LogP contribution in [-0.4, -0.2) is 24.7 Å². The highest BCUT2D eigenvalue weighted by Crippen LogP contribution is 2.34. The van der Waals surface area contributed by atoms with Crippen molar-refractivity contribution in [2.75, 3.05) is 0 Å². The van der Waals surface area contributed by atoms with Crippen LogP contribution in [0.25, 0.3) is 0 Å². The fraction of sp³-hybridized carbons (Fsp3) is 0.417. The van der Waals surface area contributed by atoms with Gasteiger partial charge in [0.2, 0.25) is 0 Å². The van der Waals surface area contributed by atoms with Crippen molar-refractivity contribution < 1.29 is 4.92 Å². The number of halogens is 1. The molecule has 0 fully saturated rings. The van der Waals surface area contributed by atoms with Crippen LogP contribution in [0.4, 0.5) is 5.69 Å². The Hall–Kier alpha value is -1.67. The molecule has 0 amide bonds. The van der Waals surface area contributed by atoms with Gasteiger partial charge in [0.25, 0.3) is 0 Å². The van der Waals surface area contributed by atoms with Crippen LogP contribution in [0.3, 0.4) is 0 Å². The number of hydrogen-bond donors (Lipinski definition) is 0. The van der Waals surface area contributed by atoms with E-state index in [2.05, 4.69) is 15.2 Å². The molecule has 0 aliphatic carbocycles. The Kier molecular flexibility index (Phi) is 4.07. The molecule has 21 heavy (non-hydrogen) atoms. The largest absolute Gasteiger partial charge is 0.306 e. The lowest BCUT2D eigenvalue weighted by Crippen LogP contribution is -2.03. The zero-order valence-corrected chi connectivity index (χ0v) is 12.6. The van der Waals surface area contributed by atoms with Crippen molar-refractivity contribution in [3.05, 3.63) is 33.2 Å². The lowest BCUT2D eigenvalue weighted by Gasteiger charge is -2.06. The minimum Gasteiger partial charge on any atom is -0.306 e. The summed E-state index contributed by atoms with van der Waals surface area (Å²) in [5.74, 6) is 0.930. The van der Waals surface area contributed by atoms with Crippen molar-refractivity contribution in [1.29, 1.82) is 0 Å². The van der Waals surface area contributed by atoms with Gasteiger partial charge in [0.15, 0.2) is 10.2 Å². The Bertz CT molecular complexity index is 690. The minimum absolute atomic E-state index is 0.0737. The molecule has 0 saturated heterocycles. The van der Waals surface area contributed by atoms with E-state index in [0.29, 0.717) is 5.16 Å². The van der Waals surface area contributed by atoms with E-state index in [1.165, 1.54) is 12.1 Å². The second kappa shape index (κ2) is 5.98. The van der Waals surface area contributed by atoms with E-state index >= 15 is 0 Å². The summed E-state index contributed by atoms with van der Waals surface area (Å²) in [6.07, 6.45) is 4.20. The average Bonchev–Trinajstić information content (AvgIpc) is 2.68. The number of pyridine rings is 1. The van der Waals surface area contributed by atoms with E-state index in [9.17, 15) is 10.1 Å². The molecule has 0 N–H and O–H groups in total. The average molecular weight is 326 g/mol. The van der Waals surface area contributed by atoms with Gasteiger partial charge in [-0.05, 0) is 30.7 Å². The Morgan fingerprint density at radius 3 is 2.95 bits per heavy atom. The number of fused-ring (bicyclic) bond motifs is 1. The van der Waals surface area contributed by atoms with E-state index in [1.54, 1.807) is 0 Å². The molecule has 110 valence electrons. The highest BCUT2D eigenvalue weighted by atomic mass is 35.5. The predicted octanol–water partition coefficient (Wildman–Crippen LogP) is 3.11. The first-order valence-electron chi connectivity index (χ1n) is 6.56. The molecular weight excluding hydrogens is 314 g/mol. The Morgan fingerprint density at radius 1 is 1.29 bits per heavy atom. The summed E-state index contributed by atoms with van der Waals surface area (Å²) in [5, 5.41) is 20.5. The van der Waals surface area contributed by atoms with Crippen molar-refractivity contribution in [2.24, 2.45) is 0 Å². The number of aryl methyl sites for hydroxylation is 1. The molecular formula is C12H12ClN5O2S. The normalized spacial score (nSPS) is 14.5. The van der Waals surface area contributed by atoms with Crippen LogP contribution in [-0.2, 0) is 13.0 Å². The molecule has 0 aromatic carbocycles. The second-order valence-electron chi connectivity index (χ2n) is 4.68. The predicted molar refractivity (Wildman–Crippen MR) is 77.6 cm³/mol. The molecule has 1 aliphatic rings. The fourth-order valence-electron chi connectivity index (χ4n) is 2.24. The standard InChI is InChI=1S/C12H12ClN5O2S/c13-9-6-5-8(18(19)20)11(14-9)21-12-16-15-10-4-2-1-3-7-17(10)12/h5-6H,1-4,7H2. The number of rotatable bonds is 3. The molecule has 0 saturated carbocycles. The van der Waals surface area contributed by atoms with Gasteiger partial charge < -0.3 is 4.57 Å². The quantitative estimate of drug-likeness (QED) is 0.489. The SMILES string of the molecule is O=[N+]([O-])c1ccc(Cl)nc1Sc1nnc2n1CCCCC2. The molecule has 9 heteroatoms. The first-order chi connectivity index (χ1) is 10.1. The molecule has 0 spiro atoms. The van der Waals surface area contributed by atoms with Crippen molar-refractivity contribution >= 4 is 29.1 Å². The summed E-state index contributed by atoms with van der Waals surface area (Å²) in [6.45, 7) is 0.832. The summed E-state index contributed by atoms with van der Waals surface area (Å²) in [5.41, 5.74) is -0.0737. The maximum Gasteiger partial charge on any atom is 0.301 e. The lowest BCUT2D eigenvalue weighted by atomic mass is 10.2. The van der Waals surface area contributed by atoms with Gasteiger partial charge in [-0.1, -0.05) is 18.0 Å². The van der Waals surface area contributed by atoms with Crippen molar-refractivity contribution in [2.45, 2.75) is 42.4 Å². The van der Waals surface area contributed by atoms with Crippen LogP contribution in [0, 0.1) is 10.1 Å². The molecule has 0 atom stereocenters. The van der Waals surface area contributed by atoms with Gasteiger partial charge in [-0.2, -0.15) is 0 Å². The van der Waals surface area contributed by atoms with Crippen molar-refractivity contribution in [3.63, 3.8) is 0 Å². The molecule has 2 aromatic rings. The summed E-state index contributed by atoms with van der Waals surface area (Å²) < 4.78 is 2.02. The fourth-order valence-corrected chi connectivity index (χ4v) is 3.40. The molecule has 2 aromatic heterocycles. The zero-order valence-electron chi connectivity index (χ0n) is 11.0. The number of nitrogens with zero attached hydrogens (tertiary/aromatic N) is 5. The van der Waals surface area contributed by atoms with Crippen LogP contribution >= 0.6 is 23.4 Å². The summed E-state index contributed by atoms with van der Waals surface area (Å²) >= 11 is 6.98. The lowest BCUT2D eigenvalue weighted by molar-refractivity contribution is -0.388. The highest BCUT2D eigenvalue weighted by Gasteiger charge is 2.22. The topological polar surface area (TPSA) is 86.7 Å². The number of hydrogen-bond acceptors (Lipinski definition) is 6. The molecule has 7 nitrogen and oxygen atoms in total. The first kappa shape index (κ1) is 14.3. The maximum absolute atomic E-state index is 11.1. The molecule has 0 bridgehead atoms. The van der Waals surface area contributed by atoms with Crippen LogP contribution in [0.15, 0.2) is 22.3 Å². The van der Waals surface area contributed by atoms with E-state index in [4.69, 9.17) is 11.6 Å². The van der Waals surface area contributed by atoms with Crippen molar-refractivity contribution in [1.82, 2.24) is 19.7 Å². The molecule has 1 aliphatic heterocycles. The Morgan fingerprint density at radius 2 is 2.14 bits per heavy atom.